The summed E-state index contributed by atoms with van der Waals surface area (Å²) in [5, 5.41) is 13.9. The minimum Gasteiger partial charge on any atom is -0.422 e. The summed E-state index contributed by atoms with van der Waals surface area (Å²) in [5.41, 5.74) is 1.08. The van der Waals surface area contributed by atoms with E-state index in [1.165, 1.54) is 38.5 Å². The highest BCUT2D eigenvalue weighted by Gasteiger charge is 2.54. The zero-order valence-corrected chi connectivity index (χ0v) is 15.0. The van der Waals surface area contributed by atoms with Crippen LogP contribution in [0.2, 0.25) is 5.02 Å². The third kappa shape index (κ3) is 2.10. The van der Waals surface area contributed by atoms with E-state index in [0.717, 1.165) is 29.3 Å². The predicted molar refractivity (Wildman–Crippen MR) is 89.9 cm³/mol. The minimum atomic E-state index is -0.0901. The van der Waals surface area contributed by atoms with E-state index in [2.05, 4.69) is 15.3 Å². The second kappa shape index (κ2) is 5.07. The lowest BCUT2D eigenvalue weighted by atomic mass is 9.49. The van der Waals surface area contributed by atoms with Crippen LogP contribution in [0.1, 0.15) is 69.0 Å². The molecule has 0 aromatic carbocycles. The largest absolute Gasteiger partial charge is 0.422 e. The summed E-state index contributed by atoms with van der Waals surface area (Å²) in [6, 6.07) is -0.0901. The van der Waals surface area contributed by atoms with Gasteiger partial charge in [-0.2, -0.15) is 5.10 Å². The first-order valence-corrected chi connectivity index (χ1v) is 9.45. The Bertz CT molecular complexity index is 745. The van der Waals surface area contributed by atoms with Crippen molar-refractivity contribution in [3.8, 4) is 0 Å². The Labute approximate surface area is 146 Å². The summed E-state index contributed by atoms with van der Waals surface area (Å²) in [6.45, 7) is 4.00. The van der Waals surface area contributed by atoms with E-state index in [4.69, 9.17) is 16.0 Å². The number of halogens is 1. The number of hydrogen-bond donors (Lipinski definition) is 0. The zero-order valence-electron chi connectivity index (χ0n) is 14.2. The molecular formula is C18H23ClN4O. The molecule has 4 aliphatic rings. The van der Waals surface area contributed by atoms with Crippen LogP contribution in [0.4, 0.5) is 0 Å². The molecule has 6 rings (SSSR count). The van der Waals surface area contributed by atoms with Crippen LogP contribution in [0.5, 0.6) is 0 Å². The van der Waals surface area contributed by atoms with Crippen LogP contribution in [0.25, 0.3) is 0 Å². The monoisotopic (exact) mass is 346 g/mol. The lowest BCUT2D eigenvalue weighted by Crippen LogP contribution is -2.48. The molecule has 4 aliphatic carbocycles. The van der Waals surface area contributed by atoms with Gasteiger partial charge in [0.2, 0.25) is 11.8 Å². The molecule has 2 heterocycles. The molecule has 4 fully saturated rings. The van der Waals surface area contributed by atoms with Gasteiger partial charge in [0.15, 0.2) is 0 Å². The van der Waals surface area contributed by atoms with Gasteiger partial charge in [-0.05, 0) is 70.1 Å². The van der Waals surface area contributed by atoms with Crippen LogP contribution in [0, 0.1) is 24.7 Å². The molecule has 0 radical (unpaired) electrons. The van der Waals surface area contributed by atoms with Crippen molar-refractivity contribution < 1.29 is 4.42 Å². The maximum absolute atomic E-state index is 6.22. The third-order valence-corrected chi connectivity index (χ3v) is 7.01. The van der Waals surface area contributed by atoms with Crippen molar-refractivity contribution in [3.63, 3.8) is 0 Å². The van der Waals surface area contributed by atoms with Crippen molar-refractivity contribution in [2.75, 3.05) is 0 Å². The lowest BCUT2D eigenvalue weighted by Gasteiger charge is -2.55. The Balaban J connectivity index is 1.46. The molecule has 24 heavy (non-hydrogen) atoms. The first kappa shape index (κ1) is 14.9. The van der Waals surface area contributed by atoms with Crippen LogP contribution < -0.4 is 0 Å². The summed E-state index contributed by atoms with van der Waals surface area (Å²) in [7, 11) is 0. The molecule has 0 aliphatic heterocycles. The third-order valence-electron chi connectivity index (χ3n) is 6.64. The zero-order chi connectivity index (χ0) is 16.5. The molecule has 6 heteroatoms. The van der Waals surface area contributed by atoms with Gasteiger partial charge < -0.3 is 4.42 Å². The molecule has 128 valence electrons. The van der Waals surface area contributed by atoms with Crippen molar-refractivity contribution >= 4 is 11.6 Å². The Kier molecular flexibility index (Phi) is 3.16. The van der Waals surface area contributed by atoms with Gasteiger partial charge in [-0.15, -0.1) is 10.2 Å². The molecule has 0 saturated heterocycles. The van der Waals surface area contributed by atoms with Gasteiger partial charge in [-0.1, -0.05) is 11.6 Å². The van der Waals surface area contributed by atoms with E-state index in [1.807, 2.05) is 18.5 Å². The average Bonchev–Trinajstić information content (AvgIpc) is 3.14. The van der Waals surface area contributed by atoms with Gasteiger partial charge in [0.25, 0.3) is 0 Å². The predicted octanol–water partition coefficient (Wildman–Crippen LogP) is 4.31. The van der Waals surface area contributed by atoms with E-state index in [0.29, 0.717) is 10.9 Å². The van der Waals surface area contributed by atoms with E-state index in [-0.39, 0.29) is 11.5 Å². The second-order valence-electron chi connectivity index (χ2n) is 8.34. The number of nitrogens with zero attached hydrogens (tertiary/aromatic N) is 4. The van der Waals surface area contributed by atoms with Crippen LogP contribution in [-0.2, 0) is 5.41 Å². The fourth-order valence-corrected chi connectivity index (χ4v) is 6.02. The molecule has 5 nitrogen and oxygen atoms in total. The maximum Gasteiger partial charge on any atom is 0.240 e. The number of rotatable bonds is 3. The molecule has 4 bridgehead atoms. The van der Waals surface area contributed by atoms with Gasteiger partial charge in [-0.3, -0.25) is 4.68 Å². The lowest BCUT2D eigenvalue weighted by molar-refractivity contribution is -0.0184. The Morgan fingerprint density at radius 3 is 2.33 bits per heavy atom. The van der Waals surface area contributed by atoms with Crippen LogP contribution >= 0.6 is 11.6 Å². The molecular weight excluding hydrogens is 324 g/mol. The first-order chi connectivity index (χ1) is 11.5. The van der Waals surface area contributed by atoms with Crippen molar-refractivity contribution in [2.45, 2.75) is 63.8 Å². The van der Waals surface area contributed by atoms with E-state index >= 15 is 0 Å². The average molecular weight is 347 g/mol. The Hall–Kier alpha value is -1.36. The summed E-state index contributed by atoms with van der Waals surface area (Å²) < 4.78 is 8.08. The molecule has 2 aromatic rings. The summed E-state index contributed by atoms with van der Waals surface area (Å²) in [6.07, 6.45) is 9.64. The highest BCUT2D eigenvalue weighted by Crippen LogP contribution is 2.60. The fraction of sp³-hybridized carbons (Fsp3) is 0.722. The van der Waals surface area contributed by atoms with Crippen molar-refractivity contribution in [1.29, 1.82) is 0 Å². The maximum atomic E-state index is 6.22. The topological polar surface area (TPSA) is 56.7 Å². The summed E-state index contributed by atoms with van der Waals surface area (Å²) in [4.78, 5) is 0. The van der Waals surface area contributed by atoms with E-state index in [9.17, 15) is 0 Å². The van der Waals surface area contributed by atoms with Crippen LogP contribution in [0.15, 0.2) is 10.6 Å². The van der Waals surface area contributed by atoms with Gasteiger partial charge in [-0.25, -0.2) is 0 Å². The highest BCUT2D eigenvalue weighted by molar-refractivity contribution is 6.31. The molecule has 0 amide bonds. The van der Waals surface area contributed by atoms with Gasteiger partial charge >= 0.3 is 0 Å². The van der Waals surface area contributed by atoms with E-state index in [1.54, 1.807) is 6.20 Å². The van der Waals surface area contributed by atoms with Crippen LogP contribution in [-0.4, -0.2) is 20.0 Å². The van der Waals surface area contributed by atoms with Gasteiger partial charge in [0.1, 0.15) is 6.04 Å². The standard InChI is InChI=1S/C18H23ClN4O/c1-10-15(19)9-20-23(10)11(2)16-21-22-17(24-16)18-6-12-3-13(7-18)5-14(4-12)8-18/h9,11-14H,3-8H2,1-2H3/t11-,12?,13?,14?,18?/m0/s1. The SMILES string of the molecule is Cc1c(Cl)cnn1[C@@H](C)c1nnc(C23CC4CC(CC(C4)C2)C3)o1. The molecule has 1 atom stereocenters. The second-order valence-corrected chi connectivity index (χ2v) is 8.75. The molecule has 2 aromatic heterocycles. The number of hydrogen-bond acceptors (Lipinski definition) is 4. The molecule has 0 unspecified atom stereocenters. The minimum absolute atomic E-state index is 0.0901. The molecule has 0 spiro atoms. The Morgan fingerprint density at radius 1 is 1.17 bits per heavy atom. The normalized spacial score (nSPS) is 35.5. The molecule has 0 N–H and O–H groups in total. The van der Waals surface area contributed by atoms with Gasteiger partial charge in [0, 0.05) is 5.41 Å². The smallest absolute Gasteiger partial charge is 0.240 e. The molecule has 4 saturated carbocycles. The summed E-state index contributed by atoms with van der Waals surface area (Å²) >= 11 is 6.13. The van der Waals surface area contributed by atoms with Crippen LogP contribution in [0.3, 0.4) is 0 Å². The first-order valence-electron chi connectivity index (χ1n) is 9.07. The van der Waals surface area contributed by atoms with E-state index < -0.39 is 0 Å². The van der Waals surface area contributed by atoms with Gasteiger partial charge in [0.05, 0.1) is 16.9 Å². The quantitative estimate of drug-likeness (QED) is 0.831. The summed E-state index contributed by atoms with van der Waals surface area (Å²) in [5.74, 6) is 4.13. The fourth-order valence-electron chi connectivity index (χ4n) is 5.89. The van der Waals surface area contributed by atoms with Crippen molar-refractivity contribution in [3.05, 3.63) is 28.7 Å². The highest BCUT2D eigenvalue weighted by atomic mass is 35.5. The van der Waals surface area contributed by atoms with Crippen molar-refractivity contribution in [1.82, 2.24) is 20.0 Å². The van der Waals surface area contributed by atoms with Crippen molar-refractivity contribution in [2.24, 2.45) is 17.8 Å². The number of aromatic nitrogens is 4. The Morgan fingerprint density at radius 2 is 1.79 bits per heavy atom.